The number of hydrogen-bond acceptors (Lipinski definition) is 2. The van der Waals surface area contributed by atoms with Gasteiger partial charge in [0.05, 0.1) is 6.54 Å². The van der Waals surface area contributed by atoms with Gasteiger partial charge in [-0.05, 0) is 42.9 Å². The number of anilines is 1. The Morgan fingerprint density at radius 3 is 2.76 bits per heavy atom. The molecule has 25 heavy (non-hydrogen) atoms. The van der Waals surface area contributed by atoms with Gasteiger partial charge in [-0.2, -0.15) is 0 Å². The zero-order valence-corrected chi connectivity index (χ0v) is 16.9. The van der Waals surface area contributed by atoms with Crippen LogP contribution >= 0.6 is 24.0 Å². The maximum absolute atomic E-state index is 13.1. The number of nitrogens with one attached hydrogen (secondary N) is 2. The zero-order chi connectivity index (χ0) is 17.0. The van der Waals surface area contributed by atoms with E-state index in [1.165, 1.54) is 44.2 Å². The highest BCUT2D eigenvalue weighted by molar-refractivity contribution is 14.0. The molecule has 0 radical (unpaired) electrons. The Balaban J connectivity index is 0.00000225. The third-order valence-corrected chi connectivity index (χ3v) is 5.13. The number of nitrogens with zero attached hydrogens (tertiary/aromatic N) is 2. The van der Waals surface area contributed by atoms with E-state index in [2.05, 4.69) is 20.5 Å². The first-order valence-corrected chi connectivity index (χ1v) is 8.61. The molecule has 7 heteroatoms. The Labute approximate surface area is 165 Å². The minimum atomic E-state index is -0.365. The third-order valence-electron chi connectivity index (χ3n) is 5.13. The summed E-state index contributed by atoms with van der Waals surface area (Å²) in [5.74, 6) is 0.195. The number of rotatable bonds is 3. The van der Waals surface area contributed by atoms with Gasteiger partial charge >= 0.3 is 0 Å². The van der Waals surface area contributed by atoms with Crippen LogP contribution < -0.4 is 10.6 Å². The second-order valence-corrected chi connectivity index (χ2v) is 6.84. The van der Waals surface area contributed by atoms with Gasteiger partial charge in [-0.1, -0.05) is 18.9 Å². The molecule has 138 valence electrons. The fraction of sp³-hybridized carbons (Fsp3) is 0.556. The molecule has 5 nitrogen and oxygen atoms in total. The van der Waals surface area contributed by atoms with E-state index in [1.54, 1.807) is 19.2 Å². The summed E-state index contributed by atoms with van der Waals surface area (Å²) in [6, 6.07) is 5.89. The molecule has 1 aliphatic heterocycles. The molecule has 0 bridgehead atoms. The Morgan fingerprint density at radius 1 is 1.32 bits per heavy atom. The van der Waals surface area contributed by atoms with Crippen LogP contribution in [-0.4, -0.2) is 43.4 Å². The third kappa shape index (κ3) is 5.05. The van der Waals surface area contributed by atoms with Gasteiger partial charge in [-0.25, -0.2) is 4.39 Å². The first-order valence-electron chi connectivity index (χ1n) is 8.61. The van der Waals surface area contributed by atoms with Crippen molar-refractivity contribution in [3.05, 3.63) is 30.1 Å². The molecule has 1 saturated heterocycles. The molecule has 1 amide bonds. The van der Waals surface area contributed by atoms with Crippen molar-refractivity contribution in [3.63, 3.8) is 0 Å². The molecule has 3 rings (SSSR count). The van der Waals surface area contributed by atoms with E-state index in [9.17, 15) is 9.18 Å². The first-order chi connectivity index (χ1) is 11.6. The summed E-state index contributed by atoms with van der Waals surface area (Å²) in [7, 11) is 1.74. The lowest BCUT2D eigenvalue weighted by Gasteiger charge is -2.25. The summed E-state index contributed by atoms with van der Waals surface area (Å²) in [5.41, 5.74) is 0.921. The molecule has 0 atom stereocenters. The molecule has 1 spiro atoms. The highest BCUT2D eigenvalue weighted by atomic mass is 127. The van der Waals surface area contributed by atoms with Crippen LogP contribution in [0.3, 0.4) is 0 Å². The number of carbonyl (C=O) groups is 1. The summed E-state index contributed by atoms with van der Waals surface area (Å²) in [6.07, 6.45) is 6.48. The van der Waals surface area contributed by atoms with Crippen LogP contribution in [0.5, 0.6) is 0 Å². The average Bonchev–Trinajstić information content (AvgIpc) is 3.19. The molecule has 1 aromatic rings. The van der Waals surface area contributed by atoms with Crippen molar-refractivity contribution < 1.29 is 9.18 Å². The maximum atomic E-state index is 13.1. The zero-order valence-electron chi connectivity index (χ0n) is 14.6. The molecule has 2 aliphatic rings. The second kappa shape index (κ2) is 8.82. The molecule has 2 N–H and O–H groups in total. The van der Waals surface area contributed by atoms with E-state index >= 15 is 0 Å². The van der Waals surface area contributed by atoms with Gasteiger partial charge in [0.25, 0.3) is 0 Å². The SMILES string of the molecule is CN=C(NCC(=O)Nc1cccc(F)c1)N1CCC2(CCCC2)C1.I. The van der Waals surface area contributed by atoms with Crippen LogP contribution in [0.25, 0.3) is 0 Å². The van der Waals surface area contributed by atoms with Gasteiger partial charge < -0.3 is 15.5 Å². The smallest absolute Gasteiger partial charge is 0.243 e. The summed E-state index contributed by atoms with van der Waals surface area (Å²) in [5, 5.41) is 5.81. The highest BCUT2D eigenvalue weighted by Gasteiger charge is 2.41. The lowest BCUT2D eigenvalue weighted by molar-refractivity contribution is -0.115. The number of hydrogen-bond donors (Lipinski definition) is 2. The van der Waals surface area contributed by atoms with Crippen molar-refractivity contribution in [2.45, 2.75) is 32.1 Å². The Hall–Kier alpha value is -1.38. The van der Waals surface area contributed by atoms with E-state index in [-0.39, 0.29) is 42.2 Å². The van der Waals surface area contributed by atoms with Crippen LogP contribution in [0, 0.1) is 11.2 Å². The van der Waals surface area contributed by atoms with Crippen LogP contribution in [0.15, 0.2) is 29.3 Å². The molecule has 0 aromatic heterocycles. The number of benzene rings is 1. The summed E-state index contributed by atoms with van der Waals surface area (Å²) in [6.45, 7) is 2.13. The Bertz CT molecular complexity index is 631. The first kappa shape index (κ1) is 19.9. The number of carbonyl (C=O) groups excluding carboxylic acids is 1. The minimum Gasteiger partial charge on any atom is -0.347 e. The lowest BCUT2D eigenvalue weighted by Crippen LogP contribution is -2.44. The Morgan fingerprint density at radius 2 is 2.08 bits per heavy atom. The molecule has 1 aromatic carbocycles. The highest BCUT2D eigenvalue weighted by Crippen LogP contribution is 2.45. The summed E-state index contributed by atoms with van der Waals surface area (Å²) < 4.78 is 13.1. The van der Waals surface area contributed by atoms with E-state index in [1.807, 2.05) is 0 Å². The van der Waals surface area contributed by atoms with Crippen LogP contribution in [-0.2, 0) is 4.79 Å². The van der Waals surface area contributed by atoms with Gasteiger partial charge in [0.2, 0.25) is 5.91 Å². The molecule has 2 fully saturated rings. The van der Waals surface area contributed by atoms with Gasteiger partial charge in [0, 0.05) is 25.8 Å². The topological polar surface area (TPSA) is 56.7 Å². The number of guanidine groups is 1. The molecule has 1 saturated carbocycles. The van der Waals surface area contributed by atoms with Crippen molar-refractivity contribution in [1.82, 2.24) is 10.2 Å². The summed E-state index contributed by atoms with van der Waals surface area (Å²) >= 11 is 0. The van der Waals surface area contributed by atoms with Gasteiger partial charge in [0.15, 0.2) is 5.96 Å². The van der Waals surface area contributed by atoms with Gasteiger partial charge in [-0.15, -0.1) is 24.0 Å². The van der Waals surface area contributed by atoms with E-state index in [0.717, 1.165) is 19.0 Å². The van der Waals surface area contributed by atoms with E-state index in [4.69, 9.17) is 0 Å². The van der Waals surface area contributed by atoms with Crippen molar-refractivity contribution >= 4 is 41.5 Å². The normalized spacial score (nSPS) is 19.0. The molecular weight excluding hydrogens is 434 g/mol. The van der Waals surface area contributed by atoms with E-state index < -0.39 is 0 Å². The standard InChI is InChI=1S/C18H25FN4O.HI/c1-20-17(23-10-9-18(13-23)7-2-3-8-18)21-12-16(24)22-15-6-4-5-14(19)11-15;/h4-6,11H,2-3,7-10,12-13H2,1H3,(H,20,21)(H,22,24);1H. The predicted octanol–water partition coefficient (Wildman–Crippen LogP) is 3.22. The largest absolute Gasteiger partial charge is 0.347 e. The second-order valence-electron chi connectivity index (χ2n) is 6.84. The minimum absolute atomic E-state index is 0. The van der Waals surface area contributed by atoms with Gasteiger partial charge in [-0.3, -0.25) is 9.79 Å². The summed E-state index contributed by atoms with van der Waals surface area (Å²) in [4.78, 5) is 18.6. The van der Waals surface area contributed by atoms with Crippen LogP contribution in [0.1, 0.15) is 32.1 Å². The van der Waals surface area contributed by atoms with Crippen LogP contribution in [0.2, 0.25) is 0 Å². The van der Waals surface area contributed by atoms with Crippen molar-refractivity contribution in [2.24, 2.45) is 10.4 Å². The monoisotopic (exact) mass is 460 g/mol. The molecule has 0 unspecified atom stereocenters. The lowest BCUT2D eigenvalue weighted by atomic mass is 9.86. The van der Waals surface area contributed by atoms with Crippen molar-refractivity contribution in [3.8, 4) is 0 Å². The predicted molar refractivity (Wildman–Crippen MR) is 109 cm³/mol. The van der Waals surface area contributed by atoms with Gasteiger partial charge in [0.1, 0.15) is 5.82 Å². The van der Waals surface area contributed by atoms with Crippen molar-refractivity contribution in [1.29, 1.82) is 0 Å². The maximum Gasteiger partial charge on any atom is 0.243 e. The average molecular weight is 460 g/mol. The van der Waals surface area contributed by atoms with Crippen LogP contribution in [0.4, 0.5) is 10.1 Å². The number of amides is 1. The molecule has 1 heterocycles. The Kier molecular flexibility index (Phi) is 7.04. The number of likely N-dealkylation sites (tertiary alicyclic amines) is 1. The fourth-order valence-electron chi connectivity index (χ4n) is 3.91. The molecular formula is C18H26FIN4O. The van der Waals surface area contributed by atoms with Crippen molar-refractivity contribution in [2.75, 3.05) is 32.0 Å². The quantitative estimate of drug-likeness (QED) is 0.414. The van der Waals surface area contributed by atoms with E-state index in [0.29, 0.717) is 11.1 Å². The number of aliphatic imine (C=N–C) groups is 1. The molecule has 1 aliphatic carbocycles. The number of halogens is 2. The fourth-order valence-corrected chi connectivity index (χ4v) is 3.91.